The van der Waals surface area contributed by atoms with Crippen molar-refractivity contribution < 1.29 is 33.8 Å². The van der Waals surface area contributed by atoms with E-state index >= 15 is 0 Å². The largest absolute Gasteiger partial charge is 0.478 e. The molecule has 0 saturated heterocycles. The van der Waals surface area contributed by atoms with Crippen molar-refractivity contribution in [3.05, 3.63) is 71.3 Å². The number of carbonyl (C=O) groups is 5. The van der Waals surface area contributed by atoms with Gasteiger partial charge in [-0.3, -0.25) is 14.4 Å². The zero-order valence-electron chi connectivity index (χ0n) is 16.8. The minimum absolute atomic E-state index is 0.0933. The van der Waals surface area contributed by atoms with Gasteiger partial charge in [0.2, 0.25) is 5.91 Å². The van der Waals surface area contributed by atoms with Crippen LogP contribution in [0.25, 0.3) is 0 Å². The van der Waals surface area contributed by atoms with Crippen molar-refractivity contribution in [3.8, 4) is 0 Å². The summed E-state index contributed by atoms with van der Waals surface area (Å²) < 4.78 is 4.96. The quantitative estimate of drug-likeness (QED) is 0.336. The Morgan fingerprint density at radius 2 is 1.35 bits per heavy atom. The fourth-order valence-corrected chi connectivity index (χ4v) is 2.33. The van der Waals surface area contributed by atoms with E-state index in [0.29, 0.717) is 16.9 Å². The number of ketones is 1. The van der Waals surface area contributed by atoms with E-state index in [1.807, 2.05) is 0 Å². The number of esters is 1. The molecule has 2 aromatic rings. The highest BCUT2D eigenvalue weighted by molar-refractivity contribution is 6.04. The van der Waals surface area contributed by atoms with Gasteiger partial charge in [-0.2, -0.15) is 0 Å². The second kappa shape index (κ2) is 10.5. The van der Waals surface area contributed by atoms with Crippen molar-refractivity contribution >= 4 is 40.9 Å². The average molecular weight is 424 g/mol. The summed E-state index contributed by atoms with van der Waals surface area (Å²) in [7, 11) is 0. The predicted molar refractivity (Wildman–Crippen MR) is 112 cm³/mol. The number of anilines is 2. The third-order valence-electron chi connectivity index (χ3n) is 3.98. The Labute approximate surface area is 177 Å². The zero-order chi connectivity index (χ0) is 23.0. The van der Waals surface area contributed by atoms with E-state index in [9.17, 15) is 24.0 Å². The monoisotopic (exact) mass is 424 g/mol. The lowest BCUT2D eigenvalue weighted by Gasteiger charge is -2.08. The molecule has 3 N–H and O–H groups in total. The molecule has 2 amide bonds. The number of hydrogen-bond acceptors (Lipinski definition) is 6. The number of Topliss-reactive ketones (excluding diaryl/α,β-unsaturated/α-hetero) is 1. The molecule has 0 unspecified atom stereocenters. The smallest absolute Gasteiger partial charge is 0.338 e. The van der Waals surface area contributed by atoms with Crippen molar-refractivity contribution in [1.82, 2.24) is 0 Å². The molecular formula is C22H20N2O7. The van der Waals surface area contributed by atoms with Crippen LogP contribution in [0.5, 0.6) is 0 Å². The van der Waals surface area contributed by atoms with Gasteiger partial charge in [0.1, 0.15) is 0 Å². The Kier molecular flexibility index (Phi) is 7.79. The Balaban J connectivity index is 1.86. The summed E-state index contributed by atoms with van der Waals surface area (Å²) in [6.07, 6.45) is 0.941. The van der Waals surface area contributed by atoms with E-state index in [1.165, 1.54) is 38.1 Å². The molecule has 0 aliphatic carbocycles. The highest BCUT2D eigenvalue weighted by Crippen LogP contribution is 2.12. The fourth-order valence-electron chi connectivity index (χ4n) is 2.33. The fraction of sp³-hybridized carbons (Fsp3) is 0.136. The molecule has 0 saturated carbocycles. The van der Waals surface area contributed by atoms with Gasteiger partial charge in [-0.1, -0.05) is 0 Å². The lowest BCUT2D eigenvalue weighted by atomic mass is 10.1. The SMILES string of the molecule is CC(=O)c1ccc(NC(=O)COC(=O)c2ccc(NC(=O)/C=C(/C)C(=O)O)cc2)cc1. The summed E-state index contributed by atoms with van der Waals surface area (Å²) in [4.78, 5) is 57.7. The molecule has 9 nitrogen and oxygen atoms in total. The van der Waals surface area contributed by atoms with Crippen LogP contribution in [0.3, 0.4) is 0 Å². The van der Waals surface area contributed by atoms with Crippen molar-refractivity contribution in [2.45, 2.75) is 13.8 Å². The first-order chi connectivity index (χ1) is 14.7. The molecule has 0 radical (unpaired) electrons. The second-order valence-electron chi connectivity index (χ2n) is 6.46. The van der Waals surface area contributed by atoms with E-state index in [4.69, 9.17) is 9.84 Å². The van der Waals surface area contributed by atoms with E-state index in [-0.39, 0.29) is 16.9 Å². The van der Waals surface area contributed by atoms with Crippen molar-refractivity contribution in [3.63, 3.8) is 0 Å². The second-order valence-corrected chi connectivity index (χ2v) is 6.46. The van der Waals surface area contributed by atoms with E-state index in [0.717, 1.165) is 6.08 Å². The van der Waals surface area contributed by atoms with Crippen LogP contribution in [0.2, 0.25) is 0 Å². The first kappa shape index (κ1) is 23.0. The number of aliphatic carboxylic acids is 1. The van der Waals surface area contributed by atoms with Crippen LogP contribution in [-0.4, -0.2) is 41.2 Å². The number of rotatable bonds is 8. The molecule has 160 valence electrons. The molecule has 31 heavy (non-hydrogen) atoms. The third kappa shape index (κ3) is 7.24. The molecule has 0 spiro atoms. The molecule has 2 rings (SSSR count). The maximum absolute atomic E-state index is 12.1. The summed E-state index contributed by atoms with van der Waals surface area (Å²) in [5.41, 5.74) is 1.36. The highest BCUT2D eigenvalue weighted by atomic mass is 16.5. The highest BCUT2D eigenvalue weighted by Gasteiger charge is 2.11. The van der Waals surface area contributed by atoms with E-state index < -0.39 is 30.4 Å². The predicted octanol–water partition coefficient (Wildman–Crippen LogP) is 2.65. The lowest BCUT2D eigenvalue weighted by molar-refractivity contribution is -0.132. The first-order valence-corrected chi connectivity index (χ1v) is 9.06. The van der Waals surface area contributed by atoms with Crippen molar-refractivity contribution in [2.24, 2.45) is 0 Å². The molecule has 0 aliphatic rings. The molecule has 0 atom stereocenters. The van der Waals surface area contributed by atoms with Crippen molar-refractivity contribution in [2.75, 3.05) is 17.2 Å². The number of benzene rings is 2. The molecule has 0 aliphatic heterocycles. The van der Waals surface area contributed by atoms with E-state index in [1.54, 1.807) is 24.3 Å². The topological polar surface area (TPSA) is 139 Å². The maximum Gasteiger partial charge on any atom is 0.338 e. The van der Waals surface area contributed by atoms with Crippen LogP contribution in [0, 0.1) is 0 Å². The normalized spacial score (nSPS) is 10.7. The Morgan fingerprint density at radius 1 is 0.839 bits per heavy atom. The van der Waals surface area contributed by atoms with Crippen LogP contribution < -0.4 is 10.6 Å². The molecule has 0 fully saturated rings. The first-order valence-electron chi connectivity index (χ1n) is 9.06. The van der Waals surface area contributed by atoms with Crippen LogP contribution in [0.15, 0.2) is 60.2 Å². The van der Waals surface area contributed by atoms with Gasteiger partial charge in [0.15, 0.2) is 12.4 Å². The molecule has 0 bridgehead atoms. The van der Waals surface area contributed by atoms with Gasteiger partial charge in [0.05, 0.1) is 5.56 Å². The van der Waals surface area contributed by atoms with Gasteiger partial charge in [-0.05, 0) is 62.4 Å². The standard InChI is InChI=1S/C22H20N2O7/c1-13(21(28)29)11-19(26)23-17-9-5-16(6-10-17)22(30)31-12-20(27)24-18-7-3-15(4-8-18)14(2)25/h3-11H,12H2,1-2H3,(H,23,26)(H,24,27)(H,28,29)/b13-11-. The lowest BCUT2D eigenvalue weighted by Crippen LogP contribution is -2.21. The Hall–Kier alpha value is -4.27. The van der Waals surface area contributed by atoms with Gasteiger partial charge in [0, 0.05) is 28.6 Å². The van der Waals surface area contributed by atoms with Crippen LogP contribution in [-0.2, 0) is 19.1 Å². The Morgan fingerprint density at radius 3 is 1.87 bits per heavy atom. The summed E-state index contributed by atoms with van der Waals surface area (Å²) >= 11 is 0. The van der Waals surface area contributed by atoms with Gasteiger partial charge < -0.3 is 20.5 Å². The van der Waals surface area contributed by atoms with Crippen molar-refractivity contribution in [1.29, 1.82) is 0 Å². The summed E-state index contributed by atoms with van der Waals surface area (Å²) in [5, 5.41) is 13.8. The van der Waals surface area contributed by atoms with Crippen LogP contribution >= 0.6 is 0 Å². The number of carboxylic acids is 1. The van der Waals surface area contributed by atoms with Gasteiger partial charge in [-0.15, -0.1) is 0 Å². The number of ether oxygens (including phenoxy) is 1. The summed E-state index contributed by atoms with van der Waals surface area (Å²) in [5.74, 6) is -3.20. The number of carbonyl (C=O) groups excluding carboxylic acids is 4. The molecule has 0 heterocycles. The molecule has 0 aromatic heterocycles. The number of carboxylic acid groups (broad SMARTS) is 1. The van der Waals surface area contributed by atoms with Gasteiger partial charge in [-0.25, -0.2) is 9.59 Å². The van der Waals surface area contributed by atoms with E-state index in [2.05, 4.69) is 10.6 Å². The number of hydrogen-bond donors (Lipinski definition) is 3. The zero-order valence-corrected chi connectivity index (χ0v) is 16.8. The van der Waals surface area contributed by atoms with Crippen LogP contribution in [0.1, 0.15) is 34.6 Å². The minimum Gasteiger partial charge on any atom is -0.478 e. The average Bonchev–Trinajstić information content (AvgIpc) is 2.72. The van der Waals surface area contributed by atoms with Crippen LogP contribution in [0.4, 0.5) is 11.4 Å². The summed E-state index contributed by atoms with van der Waals surface area (Å²) in [6.45, 7) is 2.22. The van der Waals surface area contributed by atoms with Gasteiger partial charge >= 0.3 is 11.9 Å². The third-order valence-corrected chi connectivity index (χ3v) is 3.98. The number of nitrogens with one attached hydrogen (secondary N) is 2. The van der Waals surface area contributed by atoms with Gasteiger partial charge in [0.25, 0.3) is 5.91 Å². The Bertz CT molecular complexity index is 1040. The number of amides is 2. The summed E-state index contributed by atoms with van der Waals surface area (Å²) in [6, 6.07) is 11.9. The molecule has 2 aromatic carbocycles. The molecular weight excluding hydrogens is 404 g/mol. The molecule has 9 heteroatoms. The minimum atomic E-state index is -1.20. The maximum atomic E-state index is 12.1.